The first-order chi connectivity index (χ1) is 17.8. The molecule has 2 aliphatic heterocycles. The lowest BCUT2D eigenvalue weighted by molar-refractivity contribution is -0.146. The molecule has 216 valence electrons. The Morgan fingerprint density at radius 3 is 2.31 bits per heavy atom. The van der Waals surface area contributed by atoms with Crippen LogP contribution in [-0.2, 0) is 20.7 Å². The number of rotatable bonds is 6. The van der Waals surface area contributed by atoms with Crippen LogP contribution in [0.5, 0.6) is 0 Å². The van der Waals surface area contributed by atoms with E-state index < -0.39 is 90.0 Å². The van der Waals surface area contributed by atoms with Gasteiger partial charge in [-0.2, -0.15) is 13.2 Å². The lowest BCUT2D eigenvalue weighted by atomic mass is 9.91. The molecule has 0 spiro atoms. The fraction of sp³-hybridized carbons (Fsp3) is 0.583. The van der Waals surface area contributed by atoms with Crippen LogP contribution in [0.15, 0.2) is 17.1 Å². The number of alkyl carbamates (subject to hydrolysis) is 1. The molecule has 0 aliphatic carbocycles. The summed E-state index contributed by atoms with van der Waals surface area (Å²) in [6, 6.07) is -1.61. The first kappa shape index (κ1) is 30.0. The minimum Gasteiger partial charge on any atom is -0.479 e. The van der Waals surface area contributed by atoms with Gasteiger partial charge in [-0.25, -0.2) is 27.8 Å². The van der Waals surface area contributed by atoms with Gasteiger partial charge in [0.15, 0.2) is 17.2 Å². The van der Waals surface area contributed by atoms with Gasteiger partial charge in [-0.3, -0.25) is 4.79 Å². The third-order valence-electron chi connectivity index (χ3n) is 6.38. The zero-order valence-corrected chi connectivity index (χ0v) is 21.5. The number of alkyl halides is 3. The number of aliphatic carboxylic acids is 1. The number of carbonyl (C=O) groups is 3. The topological polar surface area (TPSA) is 112 Å². The van der Waals surface area contributed by atoms with Gasteiger partial charge in [-0.15, -0.1) is 0 Å². The van der Waals surface area contributed by atoms with Crippen LogP contribution >= 0.6 is 0 Å². The SMILES string of the molecule is CC(C)(C)OC(=O)NC(CC(=O)N1CCN2C(C(F)(F)F)=N[C@@](C)(C(=O)O)C2C1)Cc1cc(F)c(F)cc1F. The number of aliphatic imine (C=N–C) groups is 1. The number of piperazine rings is 1. The average Bonchev–Trinajstić information content (AvgIpc) is 3.10. The quantitative estimate of drug-likeness (QED) is 0.404. The maximum absolute atomic E-state index is 14.3. The van der Waals surface area contributed by atoms with Gasteiger partial charge in [0, 0.05) is 38.2 Å². The molecule has 1 aromatic carbocycles. The van der Waals surface area contributed by atoms with Crippen molar-refractivity contribution in [2.75, 3.05) is 19.6 Å². The number of hydrogen-bond donors (Lipinski definition) is 2. The van der Waals surface area contributed by atoms with Crippen molar-refractivity contribution in [3.05, 3.63) is 35.1 Å². The summed E-state index contributed by atoms with van der Waals surface area (Å²) < 4.78 is 87.2. The fourth-order valence-electron chi connectivity index (χ4n) is 4.49. The van der Waals surface area contributed by atoms with Crippen molar-refractivity contribution in [3.8, 4) is 0 Å². The van der Waals surface area contributed by atoms with Gasteiger partial charge >= 0.3 is 18.2 Å². The molecule has 2 unspecified atom stereocenters. The summed E-state index contributed by atoms with van der Waals surface area (Å²) >= 11 is 0. The van der Waals surface area contributed by atoms with Crippen molar-refractivity contribution in [2.24, 2.45) is 4.99 Å². The maximum Gasteiger partial charge on any atom is 0.449 e. The van der Waals surface area contributed by atoms with Crippen molar-refractivity contribution in [2.45, 2.75) is 69.9 Å². The molecular weight excluding hydrogens is 538 g/mol. The predicted molar refractivity (Wildman–Crippen MR) is 124 cm³/mol. The van der Waals surface area contributed by atoms with Crippen LogP contribution in [0.4, 0.5) is 31.1 Å². The van der Waals surface area contributed by atoms with E-state index in [0.717, 1.165) is 16.7 Å². The monoisotopic (exact) mass is 566 g/mol. The van der Waals surface area contributed by atoms with Gasteiger partial charge in [0.25, 0.3) is 0 Å². The first-order valence-electron chi connectivity index (χ1n) is 11.9. The van der Waals surface area contributed by atoms with E-state index in [0.29, 0.717) is 12.1 Å². The number of carboxylic acid groups (broad SMARTS) is 1. The summed E-state index contributed by atoms with van der Waals surface area (Å²) in [7, 11) is 0. The van der Waals surface area contributed by atoms with Gasteiger partial charge < -0.3 is 25.0 Å². The predicted octanol–water partition coefficient (Wildman–Crippen LogP) is 3.26. The van der Waals surface area contributed by atoms with Crippen molar-refractivity contribution in [3.63, 3.8) is 0 Å². The van der Waals surface area contributed by atoms with Crippen LogP contribution in [0.2, 0.25) is 0 Å². The minimum absolute atomic E-state index is 0.223. The normalized spacial score (nSPS) is 22.2. The number of nitrogens with zero attached hydrogens (tertiary/aromatic N) is 3. The van der Waals surface area contributed by atoms with E-state index in [4.69, 9.17) is 4.74 Å². The number of fused-ring (bicyclic) bond motifs is 1. The van der Waals surface area contributed by atoms with Crippen molar-refractivity contribution >= 4 is 23.8 Å². The summed E-state index contributed by atoms with van der Waals surface area (Å²) in [6.07, 6.45) is -6.87. The Bertz CT molecular complexity index is 1180. The smallest absolute Gasteiger partial charge is 0.449 e. The number of benzene rings is 1. The van der Waals surface area contributed by atoms with Crippen LogP contribution in [-0.4, -0.2) is 87.7 Å². The highest BCUT2D eigenvalue weighted by Crippen LogP contribution is 2.37. The largest absolute Gasteiger partial charge is 0.479 e. The van der Waals surface area contributed by atoms with Crippen molar-refractivity contribution in [1.82, 2.24) is 15.1 Å². The molecule has 1 saturated heterocycles. The molecule has 3 atom stereocenters. The zero-order chi connectivity index (χ0) is 29.5. The lowest BCUT2D eigenvalue weighted by Gasteiger charge is -2.42. The Morgan fingerprint density at radius 1 is 1.13 bits per heavy atom. The summed E-state index contributed by atoms with van der Waals surface area (Å²) in [5, 5.41) is 12.0. The highest BCUT2D eigenvalue weighted by molar-refractivity contribution is 5.96. The van der Waals surface area contributed by atoms with Crippen LogP contribution in [0, 0.1) is 17.5 Å². The molecule has 2 heterocycles. The highest BCUT2D eigenvalue weighted by atomic mass is 19.4. The number of hydrogen-bond acceptors (Lipinski definition) is 6. The van der Waals surface area contributed by atoms with Crippen LogP contribution < -0.4 is 5.32 Å². The van der Waals surface area contributed by atoms with Crippen LogP contribution in [0.1, 0.15) is 39.7 Å². The molecule has 2 N–H and O–H groups in total. The fourth-order valence-corrected chi connectivity index (χ4v) is 4.49. The molecule has 0 radical (unpaired) electrons. The molecule has 9 nitrogen and oxygen atoms in total. The Hall–Kier alpha value is -3.52. The standard InChI is InChI=1S/C24H28F6N4O5/c1-22(2,3)39-21(38)31-13(7-12-8-15(26)16(27)10-14(12)25)9-18(35)33-5-6-34-17(11-33)23(4,20(36)37)32-19(34)24(28,29)30/h8,10,13,17H,5-7,9,11H2,1-4H3,(H,31,38)(H,36,37)/t13?,17?,23-/m1/s1. The Kier molecular flexibility index (Phi) is 8.14. The maximum atomic E-state index is 14.3. The van der Waals surface area contributed by atoms with E-state index in [2.05, 4.69) is 10.3 Å². The number of carbonyl (C=O) groups excluding carboxylic acids is 2. The minimum atomic E-state index is -4.91. The molecule has 39 heavy (non-hydrogen) atoms. The molecule has 3 rings (SSSR count). The van der Waals surface area contributed by atoms with Crippen molar-refractivity contribution < 1.29 is 50.6 Å². The summed E-state index contributed by atoms with van der Waals surface area (Å²) in [4.78, 5) is 42.8. The molecule has 2 aliphatic rings. The summed E-state index contributed by atoms with van der Waals surface area (Å²) in [5.74, 6) is -7.55. The van der Waals surface area contributed by atoms with Crippen LogP contribution in [0.25, 0.3) is 0 Å². The summed E-state index contributed by atoms with van der Waals surface area (Å²) in [5.41, 5.74) is -3.47. The van der Waals surface area contributed by atoms with Gasteiger partial charge in [0.1, 0.15) is 11.4 Å². The van der Waals surface area contributed by atoms with Crippen molar-refractivity contribution in [1.29, 1.82) is 0 Å². The number of amidine groups is 1. The molecule has 1 fully saturated rings. The van der Waals surface area contributed by atoms with Crippen LogP contribution in [0.3, 0.4) is 0 Å². The van der Waals surface area contributed by atoms with Gasteiger partial charge in [-0.1, -0.05) is 0 Å². The van der Waals surface area contributed by atoms with E-state index in [1.807, 2.05) is 0 Å². The van der Waals surface area contributed by atoms with E-state index in [9.17, 15) is 45.8 Å². The Balaban J connectivity index is 1.82. The summed E-state index contributed by atoms with van der Waals surface area (Å²) in [6.45, 7) is 4.72. The highest BCUT2D eigenvalue weighted by Gasteiger charge is 2.58. The zero-order valence-electron chi connectivity index (χ0n) is 21.5. The van der Waals surface area contributed by atoms with E-state index in [-0.39, 0.29) is 18.7 Å². The average molecular weight is 566 g/mol. The van der Waals surface area contributed by atoms with Gasteiger partial charge in [0.05, 0.1) is 6.04 Å². The second-order valence-electron chi connectivity index (χ2n) is 10.5. The number of carboxylic acids is 1. The molecule has 15 heteroatoms. The van der Waals surface area contributed by atoms with Gasteiger partial charge in [0.2, 0.25) is 11.7 Å². The van der Waals surface area contributed by atoms with E-state index in [1.165, 1.54) is 0 Å². The second kappa shape index (κ2) is 10.6. The number of ether oxygens (including phenoxy) is 1. The van der Waals surface area contributed by atoms with Gasteiger partial charge in [-0.05, 0) is 45.7 Å². The molecule has 0 aromatic heterocycles. The number of halogens is 6. The molecule has 0 saturated carbocycles. The molecular formula is C24H28F6N4O5. The number of nitrogens with one attached hydrogen (secondary N) is 1. The molecule has 0 bridgehead atoms. The van der Waals surface area contributed by atoms with E-state index in [1.54, 1.807) is 20.8 Å². The number of amides is 2. The second-order valence-corrected chi connectivity index (χ2v) is 10.5. The van der Waals surface area contributed by atoms with E-state index >= 15 is 0 Å². The third kappa shape index (κ3) is 6.74. The third-order valence-corrected chi connectivity index (χ3v) is 6.38. The molecule has 2 amide bonds. The lowest BCUT2D eigenvalue weighted by Crippen LogP contribution is -2.62. The Labute approximate surface area is 219 Å². The first-order valence-corrected chi connectivity index (χ1v) is 11.9. The molecule has 1 aromatic rings. The Morgan fingerprint density at radius 2 is 1.74 bits per heavy atom.